The molecule has 4 heteroatoms. The van der Waals surface area contributed by atoms with E-state index >= 15 is 0 Å². The van der Waals surface area contributed by atoms with E-state index in [1.54, 1.807) is 6.26 Å². The molecule has 1 aromatic rings. The van der Waals surface area contributed by atoms with Crippen LogP contribution in [0.1, 0.15) is 24.2 Å². The first-order valence-corrected chi connectivity index (χ1v) is 7.19. The summed E-state index contributed by atoms with van der Waals surface area (Å²) in [6.45, 7) is 5.79. The average molecular weight is 269 g/mol. The molecular weight excluding hydrogens is 246 g/mol. The summed E-state index contributed by atoms with van der Waals surface area (Å²) in [7, 11) is 2.17. The number of hydrogen-bond acceptors (Lipinski definition) is 4. The molecule has 0 amide bonds. The minimum atomic E-state index is 0.313. The van der Waals surface area contributed by atoms with Crippen LogP contribution < -0.4 is 0 Å². The monoisotopic (exact) mass is 269 g/mol. The highest BCUT2D eigenvalue weighted by atomic mass is 32.1. The minimum absolute atomic E-state index is 0.313. The number of nitrogens with zero attached hydrogens (tertiary/aromatic N) is 1. The van der Waals surface area contributed by atoms with E-state index in [0.29, 0.717) is 5.41 Å². The molecule has 0 atom stereocenters. The molecule has 0 aromatic carbocycles. The van der Waals surface area contributed by atoms with Crippen LogP contribution in [0.3, 0.4) is 0 Å². The maximum atomic E-state index is 5.47. The zero-order valence-corrected chi connectivity index (χ0v) is 12.2. The van der Waals surface area contributed by atoms with Gasteiger partial charge in [0.05, 0.1) is 6.26 Å². The molecule has 0 N–H and O–H groups in total. The van der Waals surface area contributed by atoms with Gasteiger partial charge in [0.15, 0.2) is 0 Å². The van der Waals surface area contributed by atoms with Crippen LogP contribution in [0.25, 0.3) is 0 Å². The zero-order chi connectivity index (χ0) is 13.0. The Labute approximate surface area is 115 Å². The Bertz CT molecular complexity index is 372. The van der Waals surface area contributed by atoms with Gasteiger partial charge in [-0.15, -0.1) is 0 Å². The lowest BCUT2D eigenvalue weighted by Crippen LogP contribution is -2.41. The van der Waals surface area contributed by atoms with E-state index in [4.69, 9.17) is 9.15 Å². The Hall–Kier alpha value is -0.450. The predicted molar refractivity (Wildman–Crippen MR) is 76.1 cm³/mol. The molecule has 2 rings (SSSR count). The van der Waals surface area contributed by atoms with Crippen molar-refractivity contribution in [2.75, 3.05) is 32.6 Å². The van der Waals surface area contributed by atoms with Crippen molar-refractivity contribution in [2.24, 2.45) is 5.41 Å². The molecule has 0 saturated carbocycles. The highest BCUT2D eigenvalue weighted by Gasteiger charge is 2.32. The molecule has 0 radical (unpaired) electrons. The van der Waals surface area contributed by atoms with E-state index in [1.165, 1.54) is 5.56 Å². The number of aryl methyl sites for hydroxylation is 1. The number of hydrogen-bond donors (Lipinski definition) is 1. The van der Waals surface area contributed by atoms with Crippen molar-refractivity contribution in [2.45, 2.75) is 26.3 Å². The van der Waals surface area contributed by atoms with Crippen LogP contribution >= 0.6 is 12.6 Å². The molecule has 1 saturated heterocycles. The minimum Gasteiger partial charge on any atom is -0.469 e. The summed E-state index contributed by atoms with van der Waals surface area (Å²) in [4.78, 5) is 2.37. The third-order valence-electron chi connectivity index (χ3n) is 3.90. The van der Waals surface area contributed by atoms with Gasteiger partial charge < -0.3 is 14.1 Å². The van der Waals surface area contributed by atoms with Gasteiger partial charge in [0.2, 0.25) is 0 Å². The van der Waals surface area contributed by atoms with Crippen molar-refractivity contribution in [3.05, 3.63) is 23.7 Å². The van der Waals surface area contributed by atoms with Gasteiger partial charge in [0.1, 0.15) is 5.76 Å². The summed E-state index contributed by atoms with van der Waals surface area (Å²) in [5.41, 5.74) is 1.59. The number of furan rings is 1. The third-order valence-corrected chi connectivity index (χ3v) is 4.57. The van der Waals surface area contributed by atoms with Crippen molar-refractivity contribution >= 4 is 12.6 Å². The lowest BCUT2D eigenvalue weighted by molar-refractivity contribution is 0.0105. The summed E-state index contributed by atoms with van der Waals surface area (Å²) in [6, 6.07) is 2.06. The molecule has 0 bridgehead atoms. The standard InChI is InChI=1S/C14H23NO2S/c1-12-13(3-6-17-12)9-15(2)10-14(11-18)4-7-16-8-5-14/h3,6,18H,4-5,7-11H2,1-2H3. The smallest absolute Gasteiger partial charge is 0.105 e. The van der Waals surface area contributed by atoms with Crippen LogP contribution in [0.2, 0.25) is 0 Å². The summed E-state index contributed by atoms with van der Waals surface area (Å²) < 4.78 is 10.8. The van der Waals surface area contributed by atoms with Crippen molar-refractivity contribution in [3.8, 4) is 0 Å². The van der Waals surface area contributed by atoms with Crippen LogP contribution in [0.4, 0.5) is 0 Å². The van der Waals surface area contributed by atoms with Crippen molar-refractivity contribution in [1.82, 2.24) is 4.90 Å². The Morgan fingerprint density at radius 3 is 2.67 bits per heavy atom. The van der Waals surface area contributed by atoms with Gasteiger partial charge in [0, 0.05) is 31.9 Å². The maximum Gasteiger partial charge on any atom is 0.105 e. The maximum absolute atomic E-state index is 5.47. The van der Waals surface area contributed by atoms with Gasteiger partial charge in [-0.25, -0.2) is 0 Å². The lowest BCUT2D eigenvalue weighted by Gasteiger charge is -2.39. The van der Waals surface area contributed by atoms with E-state index in [-0.39, 0.29) is 0 Å². The van der Waals surface area contributed by atoms with Crippen molar-refractivity contribution in [3.63, 3.8) is 0 Å². The van der Waals surface area contributed by atoms with Gasteiger partial charge in [-0.2, -0.15) is 12.6 Å². The molecule has 2 heterocycles. The summed E-state index contributed by atoms with van der Waals surface area (Å²) in [6.07, 6.45) is 4.00. The number of rotatable bonds is 5. The molecule has 18 heavy (non-hydrogen) atoms. The molecule has 0 spiro atoms. The molecule has 1 aromatic heterocycles. The first-order valence-electron chi connectivity index (χ1n) is 6.55. The molecule has 0 unspecified atom stereocenters. The van der Waals surface area contributed by atoms with E-state index in [0.717, 1.165) is 50.7 Å². The normalized spacial score (nSPS) is 19.3. The fourth-order valence-corrected chi connectivity index (χ4v) is 3.08. The SMILES string of the molecule is Cc1occc1CN(C)CC1(CS)CCOCC1. The first-order chi connectivity index (χ1) is 8.65. The van der Waals surface area contributed by atoms with Crippen LogP contribution in [0.15, 0.2) is 16.7 Å². The largest absolute Gasteiger partial charge is 0.469 e. The van der Waals surface area contributed by atoms with E-state index in [2.05, 4.69) is 30.6 Å². The van der Waals surface area contributed by atoms with Crippen molar-refractivity contribution < 1.29 is 9.15 Å². The quantitative estimate of drug-likeness (QED) is 0.832. The summed E-state index contributed by atoms with van der Waals surface area (Å²) in [5.74, 6) is 1.96. The second-order valence-corrected chi connectivity index (χ2v) is 5.76. The van der Waals surface area contributed by atoms with Gasteiger partial charge in [-0.3, -0.25) is 0 Å². The number of ether oxygens (including phenoxy) is 1. The Morgan fingerprint density at radius 2 is 2.11 bits per heavy atom. The Kier molecular flexibility index (Phi) is 4.76. The van der Waals surface area contributed by atoms with Gasteiger partial charge in [-0.05, 0) is 44.0 Å². The Morgan fingerprint density at radius 1 is 1.39 bits per heavy atom. The third kappa shape index (κ3) is 3.31. The molecule has 102 valence electrons. The van der Waals surface area contributed by atoms with Gasteiger partial charge in [0.25, 0.3) is 0 Å². The summed E-state index contributed by atoms with van der Waals surface area (Å²) in [5, 5.41) is 0. The first kappa shape index (κ1) is 14.0. The summed E-state index contributed by atoms with van der Waals surface area (Å²) >= 11 is 4.56. The van der Waals surface area contributed by atoms with Gasteiger partial charge >= 0.3 is 0 Å². The fraction of sp³-hybridized carbons (Fsp3) is 0.714. The average Bonchev–Trinajstić information content (AvgIpc) is 2.76. The molecule has 3 nitrogen and oxygen atoms in total. The van der Waals surface area contributed by atoms with E-state index in [9.17, 15) is 0 Å². The van der Waals surface area contributed by atoms with Crippen LogP contribution in [0.5, 0.6) is 0 Å². The number of thiol groups is 1. The lowest BCUT2D eigenvalue weighted by atomic mass is 9.81. The molecule has 1 aliphatic rings. The molecule has 1 fully saturated rings. The fourth-order valence-electron chi connectivity index (χ4n) is 2.67. The highest BCUT2D eigenvalue weighted by molar-refractivity contribution is 7.80. The zero-order valence-electron chi connectivity index (χ0n) is 11.3. The Balaban J connectivity index is 1.93. The van der Waals surface area contributed by atoms with Gasteiger partial charge in [-0.1, -0.05) is 0 Å². The predicted octanol–water partition coefficient (Wildman–Crippen LogP) is 2.75. The van der Waals surface area contributed by atoms with E-state index < -0.39 is 0 Å². The van der Waals surface area contributed by atoms with Crippen LogP contribution in [-0.4, -0.2) is 37.5 Å². The molecular formula is C14H23NO2S. The van der Waals surface area contributed by atoms with Crippen LogP contribution in [-0.2, 0) is 11.3 Å². The highest BCUT2D eigenvalue weighted by Crippen LogP contribution is 2.32. The second kappa shape index (κ2) is 6.13. The topological polar surface area (TPSA) is 25.6 Å². The second-order valence-electron chi connectivity index (χ2n) is 5.44. The van der Waals surface area contributed by atoms with Crippen LogP contribution in [0, 0.1) is 12.3 Å². The molecule has 1 aliphatic heterocycles. The molecule has 0 aliphatic carbocycles. The van der Waals surface area contributed by atoms with E-state index in [1.807, 2.05) is 6.92 Å². The van der Waals surface area contributed by atoms with Crippen molar-refractivity contribution in [1.29, 1.82) is 0 Å².